The number of allylic oxidation sites excluding steroid dienone is 2. The summed E-state index contributed by atoms with van der Waals surface area (Å²) < 4.78 is 152. The topological polar surface area (TPSA) is 601 Å². The average Bonchev–Trinajstić information content (AvgIpc) is 1.48. The van der Waals surface area contributed by atoms with Crippen LogP contribution in [-0.4, -0.2) is 253 Å². The van der Waals surface area contributed by atoms with Crippen LogP contribution in [0.1, 0.15) is 292 Å². The first kappa shape index (κ1) is 152. The third-order valence-electron chi connectivity index (χ3n) is 17.3. The Morgan fingerprint density at radius 3 is 1.18 bits per heavy atom. The number of aromatic amines is 1. The number of amidine groups is 1. The summed E-state index contributed by atoms with van der Waals surface area (Å²) in [6, 6.07) is 3.76. The number of sulfonamides is 1. The third-order valence-corrected chi connectivity index (χ3v) is 29.1. The molecule has 800 valence electrons. The summed E-state index contributed by atoms with van der Waals surface area (Å²) >= 11 is 0. The van der Waals surface area contributed by atoms with E-state index in [0.717, 1.165) is 34.4 Å². The van der Waals surface area contributed by atoms with Gasteiger partial charge in [0.25, 0.3) is 0 Å². The van der Waals surface area contributed by atoms with Crippen molar-refractivity contribution in [2.75, 3.05) is 79.7 Å². The van der Waals surface area contributed by atoms with Gasteiger partial charge in [0.1, 0.15) is 73.8 Å². The highest BCUT2D eigenvalue weighted by Crippen LogP contribution is 2.42. The number of hydrogen-bond acceptors (Lipinski definition) is 33. The van der Waals surface area contributed by atoms with E-state index in [9.17, 15) is 89.6 Å². The Bertz CT molecular complexity index is 4770. The van der Waals surface area contributed by atoms with E-state index < -0.39 is 87.2 Å². The van der Waals surface area contributed by atoms with Crippen LogP contribution in [0.3, 0.4) is 0 Å². The maximum absolute atomic E-state index is 11.3. The third kappa shape index (κ3) is 89.4. The molecule has 2 aliphatic rings. The van der Waals surface area contributed by atoms with Crippen LogP contribution in [0, 0.1) is 70.5 Å². The van der Waals surface area contributed by atoms with Crippen molar-refractivity contribution in [1.29, 1.82) is 5.26 Å². The minimum atomic E-state index is -3.61. The fourth-order valence-electron chi connectivity index (χ4n) is 5.04. The SMILES string of the molecule is C=C1C(=O)C(C(C)C)=C1O.CC(=O)C(C)C.CC(C)(C)C(=O)NS(C)(=O)=O.CC(C)(C)C1=NCC=N1.CC(C)(C)c1noc(=O)[nH]1.CC(C)C(=O)CC#N.CC(C)C(=O)CO.CC(C)C(=O)NS(=O)(=O)N(C)C.CC(C)C(C)O.CC(C)P(C)(=O)O.CC(C)P(C)(C)=O.CC(C)S(=O)(=O)Cc1ncco1.CC(C)S(C)(=O)=O.CC(C)S(C)(=O)=O.COCC(=O)C(C)C.Cc1cc(C(C)C)on1. The number of nitrogens with zero attached hydrogens (tertiary/aromatic N) is 7. The van der Waals surface area contributed by atoms with Crippen LogP contribution in [0.5, 0.6) is 0 Å². The summed E-state index contributed by atoms with van der Waals surface area (Å²) in [6.45, 7) is 78.7. The van der Waals surface area contributed by atoms with Crippen molar-refractivity contribution in [2.24, 2.45) is 62.2 Å². The van der Waals surface area contributed by atoms with E-state index in [1.54, 1.807) is 138 Å². The second-order valence-corrected chi connectivity index (χ2v) is 56.9. The molecule has 0 bridgehead atoms. The summed E-state index contributed by atoms with van der Waals surface area (Å²) in [5.41, 5.74) is 1.31. The summed E-state index contributed by atoms with van der Waals surface area (Å²) in [6.07, 6.45) is 7.98. The Morgan fingerprint density at radius 1 is 0.640 bits per heavy atom. The molecule has 2 atom stereocenters. The molecule has 7 N–H and O–H groups in total. The number of aromatic nitrogens is 4. The van der Waals surface area contributed by atoms with Gasteiger partial charge in [-0.3, -0.25) is 57.3 Å². The fourth-order valence-corrected chi connectivity index (χ4v) is 7.18. The number of Topliss-reactive ketones (excluding diaryl/α,β-unsaturated/α-hetero) is 5. The Labute approximate surface area is 818 Å². The van der Waals surface area contributed by atoms with Crippen LogP contribution in [0.2, 0.25) is 0 Å². The monoisotopic (exact) mass is 2080 g/mol. The number of aliphatic hydroxyl groups is 3. The van der Waals surface area contributed by atoms with Crippen molar-refractivity contribution in [3.8, 4) is 6.07 Å². The highest BCUT2D eigenvalue weighted by Gasteiger charge is 2.33. The number of oxazole rings is 1. The molecule has 0 spiro atoms. The van der Waals surface area contributed by atoms with Crippen LogP contribution < -0.4 is 15.2 Å². The molecule has 2 amide bonds. The number of carbonyl (C=O) groups is 7. The minimum Gasteiger partial charge on any atom is -0.507 e. The molecule has 4 heterocycles. The largest absolute Gasteiger partial charge is 0.507 e. The minimum absolute atomic E-state index is 0.00894. The number of H-pyrrole nitrogens is 1. The van der Waals surface area contributed by atoms with E-state index >= 15 is 0 Å². The molecule has 0 saturated heterocycles. The van der Waals surface area contributed by atoms with E-state index in [0.29, 0.717) is 28.9 Å². The fraction of sp³-hybridized carbons (Fsp3) is 0.758. The molecule has 0 saturated carbocycles. The van der Waals surface area contributed by atoms with Crippen molar-refractivity contribution < 1.29 is 123 Å². The van der Waals surface area contributed by atoms with Gasteiger partial charge < -0.3 is 38.5 Å². The number of sulfone groups is 3. The second-order valence-electron chi connectivity index (χ2n) is 38.7. The number of methoxy groups -OCH3 is 1. The van der Waals surface area contributed by atoms with E-state index in [4.69, 9.17) is 34.4 Å². The van der Waals surface area contributed by atoms with Gasteiger partial charge in [0.2, 0.25) is 27.7 Å². The van der Waals surface area contributed by atoms with E-state index in [2.05, 4.69) is 80.7 Å². The first-order chi connectivity index (χ1) is 60.4. The van der Waals surface area contributed by atoms with Gasteiger partial charge in [0, 0.05) is 121 Å². The van der Waals surface area contributed by atoms with E-state index in [1.165, 1.54) is 52.8 Å². The summed E-state index contributed by atoms with van der Waals surface area (Å²) in [4.78, 5) is 108. The number of ether oxygens (including phenoxy) is 1. The van der Waals surface area contributed by atoms with Gasteiger partial charge in [0.05, 0.1) is 71.8 Å². The average molecular weight is 2080 g/mol. The number of ketones is 5. The van der Waals surface area contributed by atoms with Gasteiger partial charge in [0.15, 0.2) is 40.4 Å². The van der Waals surface area contributed by atoms with Crippen LogP contribution in [0.4, 0.5) is 0 Å². The van der Waals surface area contributed by atoms with Gasteiger partial charge in [-0.2, -0.15) is 18.0 Å². The molecule has 136 heavy (non-hydrogen) atoms. The molecule has 5 rings (SSSR count). The quantitative estimate of drug-likeness (QED) is 0.0363. The van der Waals surface area contributed by atoms with Gasteiger partial charge in [-0.25, -0.2) is 53.2 Å². The van der Waals surface area contributed by atoms with Gasteiger partial charge >= 0.3 is 16.0 Å². The van der Waals surface area contributed by atoms with Crippen molar-refractivity contribution >= 4 is 117 Å². The zero-order valence-corrected chi connectivity index (χ0v) is 96.7. The normalized spacial score (nSPS) is 13.0. The number of aryl methyl sites for hydroxylation is 1. The first-order valence-corrected chi connectivity index (χ1v) is 57.7. The van der Waals surface area contributed by atoms with Crippen LogP contribution in [0.25, 0.3) is 0 Å². The smallest absolute Gasteiger partial charge is 0.438 e. The Kier molecular flexibility index (Phi) is 81.3. The molecule has 1 aliphatic heterocycles. The molecule has 0 fully saturated rings. The number of carbonyl (C=O) groups excluding carboxylic acids is 7. The highest BCUT2D eigenvalue weighted by molar-refractivity contribution is 7.91. The highest BCUT2D eigenvalue weighted by atomic mass is 32.2. The lowest BCUT2D eigenvalue weighted by molar-refractivity contribution is -0.127. The molecular formula is C91H178N10O28P2S5. The van der Waals surface area contributed by atoms with Crippen LogP contribution in [0.15, 0.2) is 70.3 Å². The predicted molar refractivity (Wildman–Crippen MR) is 549 cm³/mol. The van der Waals surface area contributed by atoms with Gasteiger partial charge in [-0.05, 0) is 87.5 Å². The number of nitrogens with one attached hydrogen (secondary N) is 3. The number of hydrogen-bond donors (Lipinski definition) is 7. The Morgan fingerprint density at radius 2 is 1.04 bits per heavy atom. The van der Waals surface area contributed by atoms with E-state index in [-0.39, 0.29) is 145 Å². The number of aliphatic imine (C=N–C) groups is 2. The van der Waals surface area contributed by atoms with Gasteiger partial charge in [-0.1, -0.05) is 218 Å². The maximum Gasteiger partial charge on any atom is 0.438 e. The van der Waals surface area contributed by atoms with E-state index in [1.807, 2.05) is 132 Å². The lowest BCUT2D eigenvalue weighted by atomic mass is 9.82. The molecule has 0 aromatic carbocycles. The molecule has 0 radical (unpaired) electrons. The molecule has 3 aromatic rings. The zero-order chi connectivity index (χ0) is 111. The number of amides is 2. The molecular weight excluding hydrogens is 1900 g/mol. The van der Waals surface area contributed by atoms with Crippen molar-refractivity contribution in [2.45, 2.75) is 320 Å². The molecule has 38 nitrogen and oxygen atoms in total. The standard InChI is InChI=1S/C8H10O2.C7H12N2.C7H11NO3S.C7H11NO.C6H14N2O3S.C6H10N2O2.C6H13NO3S.C6H9NO.C6H12O2.C5H10O2.C5H13OP.C5H12O.C5H10O.C4H11O2P.2C4H10O2S/c1-4(2)6-7(9)5(3)8(6)10;1-7(2,3)6-8-4-5-9-6;1-6(2)12(9,10)5-7-8-3-4-11-7;1-5(2)7-4-6(3)8-9-7;1-5(2)6(9)7-12(10,11)8(3)4;1-6(2,3)4-7-5(9)10-8-4;1-6(2,3)5(8)7-11(4,9)10;1-5(2)6(8)3-4-7;1-5(2)6(7)4-8-3;1-4(2)5(7)3-6;1-5(2)7(3,4)6;2*1-4(2)5(3)6;3*1-4(2)7(3,5)6/h4,9H,3H2,1-2H3;4H,5H2,1-3H3;3-4,6H,5H2,1-2H3;4-5H,1-3H3;5H,1-4H3,(H,7,9);1-3H3,(H,7,8,9);1-4H3,(H,7,8);5H,3H2,1-2H3;5H,4H2,1-3H3;4,6H,3H2,1-2H3;5H,1-4H3;4-6H,1-3H3;4H,1-3H3;4H,1-3H3,(H,5,6);2*4H,1-3H3. The Balaban J connectivity index is -0.000000137. The lowest BCUT2D eigenvalue weighted by Gasteiger charge is -2.22. The lowest BCUT2D eigenvalue weighted by Crippen LogP contribution is -2.41. The number of nitriles is 1. The van der Waals surface area contributed by atoms with Crippen molar-refractivity contribution in [3.63, 3.8) is 0 Å². The summed E-state index contributed by atoms with van der Waals surface area (Å²) in [5, 5.41) is 40.3. The molecule has 45 heteroatoms. The maximum atomic E-state index is 11.3. The number of rotatable bonds is 22. The molecule has 1 aliphatic carbocycles. The molecule has 3 aromatic heterocycles. The van der Waals surface area contributed by atoms with Gasteiger partial charge in [-0.15, -0.1) is 0 Å². The summed E-state index contributed by atoms with van der Waals surface area (Å²) in [7, 11) is -15.8. The zero-order valence-electron chi connectivity index (χ0n) is 90.8. The second kappa shape index (κ2) is 73.0. The van der Waals surface area contributed by atoms with Crippen LogP contribution >= 0.6 is 14.5 Å². The van der Waals surface area contributed by atoms with Crippen LogP contribution in [-0.2, 0) is 108 Å². The van der Waals surface area contributed by atoms with Crippen molar-refractivity contribution in [1.82, 2.24) is 34.0 Å². The first-order valence-electron chi connectivity index (χ1n) is 43.9. The summed E-state index contributed by atoms with van der Waals surface area (Å²) in [5.74, 6) is 2.47. The molecule has 2 unspecified atom stereocenters. The van der Waals surface area contributed by atoms with Crippen molar-refractivity contribution in [3.05, 3.63) is 75.7 Å². The Hall–Kier alpha value is -7.23. The predicted octanol–water partition coefficient (Wildman–Crippen LogP) is 15.2. The number of aliphatic hydroxyl groups excluding tert-OH is 3.